The Kier molecular flexibility index (Phi) is 33.2. The lowest BCUT2D eigenvalue weighted by atomic mass is 10.1. The number of hydrogen-bond donors (Lipinski definition) is 0. The summed E-state index contributed by atoms with van der Waals surface area (Å²) in [7, 11) is 6.44. The second-order valence-electron chi connectivity index (χ2n) is 8.92. The van der Waals surface area contributed by atoms with E-state index in [0.29, 0.717) is 13.0 Å². The van der Waals surface area contributed by atoms with E-state index >= 15 is 0 Å². The molecule has 0 saturated carbocycles. The first-order chi connectivity index (χ1) is 15.5. The highest BCUT2D eigenvalue weighted by Crippen LogP contribution is 2.08. The predicted molar refractivity (Wildman–Crippen MR) is 145 cm³/mol. The van der Waals surface area contributed by atoms with E-state index in [4.69, 9.17) is 4.74 Å². The summed E-state index contributed by atoms with van der Waals surface area (Å²) in [6.07, 6.45) is 25.5. The summed E-state index contributed by atoms with van der Waals surface area (Å²) < 4.78 is 6.22. The number of hydrogen-bond acceptors (Lipinski definition) is 2. The van der Waals surface area contributed by atoms with E-state index < -0.39 is 0 Å². The molecule has 32 heavy (non-hydrogen) atoms. The Morgan fingerprint density at radius 3 is 1.72 bits per heavy atom. The van der Waals surface area contributed by atoms with Gasteiger partial charge >= 0.3 is 5.97 Å². The molecule has 0 saturated heterocycles. The molecule has 0 heterocycles. The lowest BCUT2D eigenvalue weighted by molar-refractivity contribution is -0.870. The van der Waals surface area contributed by atoms with Gasteiger partial charge in [0.25, 0.3) is 0 Å². The zero-order chi connectivity index (χ0) is 24.9. The van der Waals surface area contributed by atoms with Gasteiger partial charge in [-0.1, -0.05) is 97.4 Å². The number of rotatable bonds is 19. The minimum Gasteiger partial charge on any atom is -0.466 e. The molecule has 0 radical (unpaired) electrons. The van der Waals surface area contributed by atoms with Crippen molar-refractivity contribution in [1.82, 2.24) is 0 Å². The van der Waals surface area contributed by atoms with Crippen LogP contribution in [0.5, 0.6) is 0 Å². The quantitative estimate of drug-likeness (QED) is 0.0842. The van der Waals surface area contributed by atoms with Gasteiger partial charge < -0.3 is 9.22 Å². The molecule has 3 nitrogen and oxygen atoms in total. The van der Waals surface area contributed by atoms with E-state index in [2.05, 4.69) is 52.4 Å². The Balaban J connectivity index is -0.00000198. The number of unbranched alkanes of at least 4 members (excludes halogenated alkanes) is 9. The average molecular weight is 455 g/mol. The summed E-state index contributed by atoms with van der Waals surface area (Å²) in [5.41, 5.74) is 0. The van der Waals surface area contributed by atoms with Crippen LogP contribution in [0, 0.1) is 0 Å². The lowest BCUT2D eigenvalue weighted by Crippen LogP contribution is -2.35. The number of carbonyl (C=O) groups excluding carboxylic acids is 1. The molecule has 0 rings (SSSR count). The van der Waals surface area contributed by atoms with Crippen LogP contribution >= 0.6 is 0 Å². The highest BCUT2D eigenvalue weighted by atomic mass is 16.5. The first-order valence-electron chi connectivity index (χ1n) is 13.7. The Bertz CT molecular complexity index is 408. The number of esters is 1. The van der Waals surface area contributed by atoms with Crippen molar-refractivity contribution in [2.24, 2.45) is 0 Å². The van der Waals surface area contributed by atoms with Gasteiger partial charge in [0, 0.05) is 6.42 Å². The molecule has 0 atom stereocenters. The Morgan fingerprint density at radius 1 is 0.688 bits per heavy atom. The van der Waals surface area contributed by atoms with Crippen LogP contribution < -0.4 is 0 Å². The number of allylic oxidation sites excluding steroid dienone is 4. The molecular weight excluding hydrogens is 394 g/mol. The van der Waals surface area contributed by atoms with Gasteiger partial charge in [-0.3, -0.25) is 4.79 Å². The molecule has 0 bridgehead atoms. The summed E-state index contributed by atoms with van der Waals surface area (Å²) in [6, 6.07) is 0. The molecule has 0 fully saturated rings. The van der Waals surface area contributed by atoms with Crippen LogP contribution in [0.4, 0.5) is 0 Å². The number of quaternary nitrogens is 1. The van der Waals surface area contributed by atoms with Crippen molar-refractivity contribution in [2.45, 2.75) is 125 Å². The molecule has 0 aromatic rings. The minimum absolute atomic E-state index is 0.0314. The van der Waals surface area contributed by atoms with Crippen LogP contribution in [0.3, 0.4) is 0 Å². The van der Waals surface area contributed by atoms with Crippen LogP contribution in [0.2, 0.25) is 0 Å². The van der Waals surface area contributed by atoms with E-state index in [1.54, 1.807) is 0 Å². The van der Waals surface area contributed by atoms with Crippen molar-refractivity contribution in [3.05, 3.63) is 24.3 Å². The third-order valence-electron chi connectivity index (χ3n) is 4.82. The molecule has 0 aliphatic heterocycles. The zero-order valence-electron chi connectivity index (χ0n) is 23.4. The van der Waals surface area contributed by atoms with Crippen LogP contribution in [0.15, 0.2) is 24.3 Å². The highest BCUT2D eigenvalue weighted by Gasteiger charge is 2.09. The molecule has 192 valence electrons. The standard InChI is InChI=1S/C25H48NO2.2C2H6/c1-5-6-7-8-9-10-11-12-13-14-15-16-17-18-19-20-24-28-25(27)22-21-23-26(2,3)4;2*1-2/h9-10,12-13H,5-8,11,14-24H2,1-4H3;2*1-2H3/q+1;;/b10-9+,13-12+;;. The first kappa shape index (κ1) is 35.5. The smallest absolute Gasteiger partial charge is 0.306 e. The normalized spacial score (nSPS) is 11.1. The van der Waals surface area contributed by atoms with Crippen molar-refractivity contribution < 1.29 is 14.0 Å². The average Bonchev–Trinajstić information content (AvgIpc) is 2.78. The van der Waals surface area contributed by atoms with Crippen molar-refractivity contribution in [1.29, 1.82) is 0 Å². The molecule has 0 spiro atoms. The van der Waals surface area contributed by atoms with Crippen molar-refractivity contribution in [3.63, 3.8) is 0 Å². The van der Waals surface area contributed by atoms with Crippen LogP contribution in [-0.4, -0.2) is 44.7 Å². The fourth-order valence-electron chi connectivity index (χ4n) is 3.05. The molecule has 3 heteroatoms. The van der Waals surface area contributed by atoms with Gasteiger partial charge in [-0.25, -0.2) is 0 Å². The molecule has 0 unspecified atom stereocenters. The Morgan fingerprint density at radius 2 is 1.19 bits per heavy atom. The Hall–Kier alpha value is -1.09. The van der Waals surface area contributed by atoms with Gasteiger partial charge in [0.2, 0.25) is 0 Å². The maximum absolute atomic E-state index is 11.6. The monoisotopic (exact) mass is 454 g/mol. The molecule has 0 aromatic heterocycles. The zero-order valence-corrected chi connectivity index (χ0v) is 23.4. The number of ether oxygens (including phenoxy) is 1. The first-order valence-corrected chi connectivity index (χ1v) is 13.7. The molecule has 0 aliphatic rings. The fraction of sp³-hybridized carbons (Fsp3) is 0.828. The second kappa shape index (κ2) is 29.9. The molecular formula is C29H60NO2+. The van der Waals surface area contributed by atoms with Gasteiger partial charge in [-0.15, -0.1) is 0 Å². The molecule has 0 aromatic carbocycles. The van der Waals surface area contributed by atoms with Gasteiger partial charge in [-0.2, -0.15) is 0 Å². The van der Waals surface area contributed by atoms with E-state index in [9.17, 15) is 4.79 Å². The summed E-state index contributed by atoms with van der Waals surface area (Å²) in [5.74, 6) is -0.0314. The van der Waals surface area contributed by atoms with E-state index in [1.165, 1.54) is 64.2 Å². The van der Waals surface area contributed by atoms with E-state index in [0.717, 1.165) is 30.3 Å². The molecule has 0 aliphatic carbocycles. The van der Waals surface area contributed by atoms with Gasteiger partial charge in [0.1, 0.15) is 0 Å². The van der Waals surface area contributed by atoms with Crippen LogP contribution in [0.1, 0.15) is 125 Å². The van der Waals surface area contributed by atoms with Gasteiger partial charge in [0.05, 0.1) is 40.7 Å². The summed E-state index contributed by atoms with van der Waals surface area (Å²) in [4.78, 5) is 11.6. The largest absolute Gasteiger partial charge is 0.466 e. The maximum atomic E-state index is 11.6. The van der Waals surface area contributed by atoms with Crippen LogP contribution in [-0.2, 0) is 9.53 Å². The molecule has 0 amide bonds. The predicted octanol–water partition coefficient (Wildman–Crippen LogP) is 8.88. The summed E-state index contributed by atoms with van der Waals surface area (Å²) >= 11 is 0. The molecule has 0 N–H and O–H groups in total. The maximum Gasteiger partial charge on any atom is 0.306 e. The lowest BCUT2D eigenvalue weighted by Gasteiger charge is -2.23. The topological polar surface area (TPSA) is 26.3 Å². The van der Waals surface area contributed by atoms with Gasteiger partial charge in [-0.05, 0) is 38.5 Å². The SMILES string of the molecule is CC.CC.CCCCC/C=C/C/C=C/CCCCCCCCOC(=O)CCC[N+](C)(C)C. The van der Waals surface area contributed by atoms with Crippen molar-refractivity contribution in [2.75, 3.05) is 34.3 Å². The van der Waals surface area contributed by atoms with Crippen LogP contribution in [0.25, 0.3) is 0 Å². The highest BCUT2D eigenvalue weighted by molar-refractivity contribution is 5.69. The van der Waals surface area contributed by atoms with Crippen molar-refractivity contribution >= 4 is 5.97 Å². The number of nitrogens with zero attached hydrogens (tertiary/aromatic N) is 1. The summed E-state index contributed by atoms with van der Waals surface area (Å²) in [6.45, 7) is 11.9. The van der Waals surface area contributed by atoms with E-state index in [1.807, 2.05) is 27.7 Å². The third kappa shape index (κ3) is 36.3. The minimum atomic E-state index is -0.0314. The number of carbonyl (C=O) groups is 1. The van der Waals surface area contributed by atoms with Gasteiger partial charge in [0.15, 0.2) is 0 Å². The fourth-order valence-corrected chi connectivity index (χ4v) is 3.05. The summed E-state index contributed by atoms with van der Waals surface area (Å²) in [5, 5.41) is 0. The third-order valence-corrected chi connectivity index (χ3v) is 4.82. The Labute approximate surface area is 203 Å². The second-order valence-corrected chi connectivity index (χ2v) is 8.92. The van der Waals surface area contributed by atoms with Crippen molar-refractivity contribution in [3.8, 4) is 0 Å². The van der Waals surface area contributed by atoms with E-state index in [-0.39, 0.29) is 5.97 Å².